The highest BCUT2D eigenvalue weighted by Gasteiger charge is 2.35. The Bertz CT molecular complexity index is 1020. The molecule has 0 atom stereocenters. The molecule has 1 aromatic heterocycles. The molecule has 1 aliphatic heterocycles. The van der Waals surface area contributed by atoms with Crippen molar-refractivity contribution in [3.63, 3.8) is 0 Å². The second-order valence-electron chi connectivity index (χ2n) is 6.55. The predicted molar refractivity (Wildman–Crippen MR) is 113 cm³/mol. The molecule has 146 valence electrons. The Kier molecular flexibility index (Phi) is 5.32. The molecule has 0 radical (unpaired) electrons. The molecule has 0 unspecified atom stereocenters. The molecule has 1 aliphatic rings. The molecule has 1 saturated heterocycles. The van der Waals surface area contributed by atoms with Gasteiger partial charge in [0.05, 0.1) is 12.8 Å². The fourth-order valence-electron chi connectivity index (χ4n) is 3.27. The molecule has 0 saturated carbocycles. The largest absolute Gasteiger partial charge is 0.495 e. The fraction of sp³-hybridized carbons (Fsp3) is 0.250. The number of ether oxygens (including phenoxy) is 1. The molecule has 3 rings (SSSR count). The second kappa shape index (κ2) is 7.41. The lowest BCUT2D eigenvalue weighted by Gasteiger charge is -2.31. The number of nitrogens with zero attached hydrogens (tertiary/aromatic N) is 3. The van der Waals surface area contributed by atoms with Crippen LogP contribution in [0.15, 0.2) is 29.8 Å². The third-order valence-electron chi connectivity index (χ3n) is 4.80. The summed E-state index contributed by atoms with van der Waals surface area (Å²) in [6, 6.07) is 7.28. The first-order valence-corrected chi connectivity index (χ1v) is 9.30. The van der Waals surface area contributed by atoms with Crippen molar-refractivity contribution in [2.24, 2.45) is 0 Å². The van der Waals surface area contributed by atoms with E-state index in [1.165, 1.54) is 9.80 Å². The monoisotopic (exact) mass is 417 g/mol. The summed E-state index contributed by atoms with van der Waals surface area (Å²) in [5.41, 5.74) is 3.37. The minimum atomic E-state index is -0.418. The summed E-state index contributed by atoms with van der Waals surface area (Å²) in [7, 11) is 4.71. The average Bonchev–Trinajstić information content (AvgIpc) is 2.95. The Morgan fingerprint density at radius 3 is 2.25 bits per heavy atom. The first-order valence-electron chi connectivity index (χ1n) is 8.52. The first kappa shape index (κ1) is 20.1. The topological polar surface area (TPSA) is 54.8 Å². The third-order valence-corrected chi connectivity index (χ3v) is 5.58. The summed E-state index contributed by atoms with van der Waals surface area (Å²) < 4.78 is 7.45. The number of thiocarbonyl (C=S) groups is 1. The normalized spacial score (nSPS) is 14.8. The number of carbonyl (C=O) groups excluding carboxylic acids is 2. The van der Waals surface area contributed by atoms with Crippen LogP contribution in [0.3, 0.4) is 0 Å². The number of carbonyl (C=O) groups is 2. The fourth-order valence-corrected chi connectivity index (χ4v) is 3.61. The molecular formula is C20H20ClN3O3S. The Morgan fingerprint density at radius 1 is 1.07 bits per heavy atom. The SMILES string of the molecule is COc1ccc(Cl)cc1-n1c(C)cc(C=C2C(=O)N(C)C(=S)N(C)C2=O)c1C. The molecule has 2 amide bonds. The number of halogens is 1. The molecule has 0 aliphatic carbocycles. The van der Waals surface area contributed by atoms with Gasteiger partial charge in [0.25, 0.3) is 11.8 Å². The van der Waals surface area contributed by atoms with Crippen LogP contribution in [0.1, 0.15) is 17.0 Å². The van der Waals surface area contributed by atoms with Crippen LogP contribution in [0.5, 0.6) is 5.75 Å². The smallest absolute Gasteiger partial charge is 0.265 e. The Labute approximate surface area is 173 Å². The number of methoxy groups -OCH3 is 1. The number of hydrogen-bond donors (Lipinski definition) is 0. The van der Waals surface area contributed by atoms with Crippen molar-refractivity contribution in [1.29, 1.82) is 0 Å². The number of aromatic nitrogens is 1. The second-order valence-corrected chi connectivity index (χ2v) is 7.35. The highest BCUT2D eigenvalue weighted by molar-refractivity contribution is 7.80. The molecule has 8 heteroatoms. The zero-order valence-corrected chi connectivity index (χ0v) is 17.8. The van der Waals surface area contributed by atoms with Crippen molar-refractivity contribution in [3.8, 4) is 11.4 Å². The van der Waals surface area contributed by atoms with Gasteiger partial charge >= 0.3 is 0 Å². The number of likely N-dealkylation sites (N-methyl/N-ethyl adjacent to an activating group) is 2. The summed E-state index contributed by atoms with van der Waals surface area (Å²) in [5, 5.41) is 0.763. The summed E-state index contributed by atoms with van der Waals surface area (Å²) in [5.74, 6) is -0.170. The zero-order valence-electron chi connectivity index (χ0n) is 16.2. The van der Waals surface area contributed by atoms with Gasteiger partial charge in [0.2, 0.25) is 0 Å². The van der Waals surface area contributed by atoms with E-state index >= 15 is 0 Å². The summed E-state index contributed by atoms with van der Waals surface area (Å²) in [6.45, 7) is 3.85. The van der Waals surface area contributed by atoms with Gasteiger partial charge in [-0.05, 0) is 62.0 Å². The van der Waals surface area contributed by atoms with Gasteiger partial charge < -0.3 is 9.30 Å². The van der Waals surface area contributed by atoms with Gasteiger partial charge in [-0.1, -0.05) is 11.6 Å². The summed E-state index contributed by atoms with van der Waals surface area (Å²) >= 11 is 11.3. The molecule has 1 aromatic carbocycles. The molecule has 2 heterocycles. The van der Waals surface area contributed by atoms with E-state index in [-0.39, 0.29) is 10.7 Å². The van der Waals surface area contributed by atoms with Gasteiger partial charge in [-0.15, -0.1) is 0 Å². The number of aryl methyl sites for hydroxylation is 1. The van der Waals surface area contributed by atoms with E-state index in [1.54, 1.807) is 39.4 Å². The third kappa shape index (κ3) is 3.21. The van der Waals surface area contributed by atoms with Gasteiger partial charge in [0.15, 0.2) is 5.11 Å². The zero-order chi connectivity index (χ0) is 20.7. The minimum absolute atomic E-state index is 0.0666. The molecule has 2 aromatic rings. The van der Waals surface area contributed by atoms with Crippen molar-refractivity contribution in [1.82, 2.24) is 14.4 Å². The van der Waals surface area contributed by atoms with Gasteiger partial charge in [-0.25, -0.2) is 0 Å². The minimum Gasteiger partial charge on any atom is -0.495 e. The van der Waals surface area contributed by atoms with Crippen LogP contribution in [0, 0.1) is 13.8 Å². The van der Waals surface area contributed by atoms with Gasteiger partial charge in [-0.2, -0.15) is 0 Å². The maximum absolute atomic E-state index is 12.6. The lowest BCUT2D eigenvalue weighted by molar-refractivity contribution is -0.132. The molecule has 6 nitrogen and oxygen atoms in total. The Balaban J connectivity index is 2.14. The van der Waals surface area contributed by atoms with E-state index in [9.17, 15) is 9.59 Å². The maximum Gasteiger partial charge on any atom is 0.265 e. The van der Waals surface area contributed by atoms with Crippen molar-refractivity contribution < 1.29 is 14.3 Å². The number of rotatable bonds is 3. The van der Waals surface area contributed by atoms with Gasteiger partial charge in [0, 0.05) is 30.5 Å². The van der Waals surface area contributed by atoms with E-state index < -0.39 is 11.8 Å². The molecule has 1 fully saturated rings. The lowest BCUT2D eigenvalue weighted by atomic mass is 10.1. The van der Waals surface area contributed by atoms with Crippen LogP contribution in [-0.2, 0) is 9.59 Å². The highest BCUT2D eigenvalue weighted by Crippen LogP contribution is 2.31. The lowest BCUT2D eigenvalue weighted by Crippen LogP contribution is -2.52. The Hall–Kier alpha value is -2.64. The maximum atomic E-state index is 12.6. The molecule has 0 spiro atoms. The van der Waals surface area contributed by atoms with Crippen molar-refractivity contribution in [3.05, 3.63) is 51.8 Å². The van der Waals surface area contributed by atoms with Crippen molar-refractivity contribution in [2.45, 2.75) is 13.8 Å². The van der Waals surface area contributed by atoms with Crippen LogP contribution in [-0.4, -0.2) is 52.5 Å². The molecular weight excluding hydrogens is 398 g/mol. The van der Waals surface area contributed by atoms with E-state index in [0.29, 0.717) is 10.8 Å². The van der Waals surface area contributed by atoms with E-state index in [1.807, 2.05) is 30.5 Å². The van der Waals surface area contributed by atoms with Gasteiger partial charge in [0.1, 0.15) is 11.3 Å². The predicted octanol–water partition coefficient (Wildman–Crippen LogP) is 3.35. The molecule has 0 N–H and O–H groups in total. The van der Waals surface area contributed by atoms with Crippen molar-refractivity contribution >= 4 is 46.8 Å². The standard InChI is InChI=1S/C20H20ClN3O3S/c1-11-8-13(9-15-18(25)22(3)20(28)23(4)19(15)26)12(2)24(11)16-10-14(21)6-7-17(16)27-5/h6-10H,1-5H3. The van der Waals surface area contributed by atoms with Crippen LogP contribution in [0.2, 0.25) is 5.02 Å². The highest BCUT2D eigenvalue weighted by atomic mass is 35.5. The number of amides is 2. The van der Waals surface area contributed by atoms with E-state index in [0.717, 1.165) is 22.6 Å². The van der Waals surface area contributed by atoms with Crippen LogP contribution in [0.25, 0.3) is 11.8 Å². The first-order chi connectivity index (χ1) is 13.2. The van der Waals surface area contributed by atoms with Crippen LogP contribution < -0.4 is 4.74 Å². The quantitative estimate of drug-likeness (QED) is 0.436. The number of hydrogen-bond acceptors (Lipinski definition) is 4. The number of benzene rings is 1. The van der Waals surface area contributed by atoms with Crippen LogP contribution >= 0.6 is 23.8 Å². The average molecular weight is 418 g/mol. The van der Waals surface area contributed by atoms with E-state index in [4.69, 9.17) is 28.6 Å². The van der Waals surface area contributed by atoms with Gasteiger partial charge in [-0.3, -0.25) is 19.4 Å². The van der Waals surface area contributed by atoms with Crippen molar-refractivity contribution in [2.75, 3.05) is 21.2 Å². The van der Waals surface area contributed by atoms with E-state index in [2.05, 4.69) is 0 Å². The van der Waals surface area contributed by atoms with Crippen LogP contribution in [0.4, 0.5) is 0 Å². The summed E-state index contributed by atoms with van der Waals surface area (Å²) in [4.78, 5) is 27.8. The Morgan fingerprint density at radius 2 is 1.68 bits per heavy atom. The summed E-state index contributed by atoms with van der Waals surface area (Å²) in [6.07, 6.45) is 1.61. The molecule has 0 bridgehead atoms. The molecule has 28 heavy (non-hydrogen) atoms.